The molecule has 7 heteroatoms. The second kappa shape index (κ2) is 10.1. The predicted octanol–water partition coefficient (Wildman–Crippen LogP) is 3.25. The molecule has 0 unspecified atom stereocenters. The summed E-state index contributed by atoms with van der Waals surface area (Å²) in [4.78, 5) is 12.2. The van der Waals surface area contributed by atoms with Gasteiger partial charge in [0.15, 0.2) is 6.10 Å². The van der Waals surface area contributed by atoms with E-state index >= 15 is 0 Å². The van der Waals surface area contributed by atoms with E-state index in [0.29, 0.717) is 18.9 Å². The minimum atomic E-state index is -0.689. The van der Waals surface area contributed by atoms with E-state index in [2.05, 4.69) is 15.6 Å². The number of amides is 1. The van der Waals surface area contributed by atoms with Gasteiger partial charge >= 0.3 is 0 Å². The monoisotopic (exact) mass is 392 g/mol. The molecule has 1 heterocycles. The van der Waals surface area contributed by atoms with E-state index in [0.717, 1.165) is 16.9 Å². The largest absolute Gasteiger partial charge is 0.494 e. The highest BCUT2D eigenvalue weighted by atomic mass is 16.5. The summed E-state index contributed by atoms with van der Waals surface area (Å²) in [5.74, 6) is 1.00. The van der Waals surface area contributed by atoms with Gasteiger partial charge in [-0.25, -0.2) is 5.43 Å². The van der Waals surface area contributed by atoms with Crippen molar-refractivity contribution in [1.29, 1.82) is 0 Å². The van der Waals surface area contributed by atoms with Crippen LogP contribution in [-0.4, -0.2) is 34.6 Å². The third kappa shape index (κ3) is 6.21. The highest BCUT2D eigenvalue weighted by Crippen LogP contribution is 2.18. The summed E-state index contributed by atoms with van der Waals surface area (Å²) >= 11 is 0. The summed E-state index contributed by atoms with van der Waals surface area (Å²) in [6.45, 7) is 4.86. The van der Waals surface area contributed by atoms with Crippen LogP contribution in [0, 0.1) is 0 Å². The number of carbonyl (C=O) groups excluding carboxylic acids is 1. The molecule has 150 valence electrons. The SMILES string of the molecule is CCOc1ccc(O[C@H](C)C(=O)N/N=C\c2cnn(Cc3ccccc3)c2)cc1. The molecule has 3 aromatic rings. The van der Waals surface area contributed by atoms with Gasteiger partial charge in [0, 0.05) is 11.8 Å². The minimum absolute atomic E-state index is 0.341. The van der Waals surface area contributed by atoms with Crippen LogP contribution in [0.3, 0.4) is 0 Å². The van der Waals surface area contributed by atoms with Gasteiger partial charge < -0.3 is 9.47 Å². The number of hydrogen-bond donors (Lipinski definition) is 1. The zero-order valence-corrected chi connectivity index (χ0v) is 16.5. The Balaban J connectivity index is 1.47. The molecule has 1 atom stereocenters. The van der Waals surface area contributed by atoms with Gasteiger partial charge in [0.2, 0.25) is 0 Å². The lowest BCUT2D eigenvalue weighted by molar-refractivity contribution is -0.127. The van der Waals surface area contributed by atoms with Crippen molar-refractivity contribution in [2.24, 2.45) is 5.10 Å². The molecule has 1 N–H and O–H groups in total. The number of benzene rings is 2. The normalized spacial score (nSPS) is 11.9. The molecule has 0 saturated heterocycles. The summed E-state index contributed by atoms with van der Waals surface area (Å²) < 4.78 is 12.8. The fourth-order valence-corrected chi connectivity index (χ4v) is 2.60. The number of nitrogens with zero attached hydrogens (tertiary/aromatic N) is 3. The van der Waals surface area contributed by atoms with Crippen molar-refractivity contribution in [2.75, 3.05) is 6.61 Å². The number of rotatable bonds is 9. The first kappa shape index (κ1) is 20.1. The van der Waals surface area contributed by atoms with Crippen molar-refractivity contribution >= 4 is 12.1 Å². The molecule has 0 saturated carbocycles. The minimum Gasteiger partial charge on any atom is -0.494 e. The molecule has 1 amide bonds. The van der Waals surface area contributed by atoms with E-state index < -0.39 is 6.10 Å². The Morgan fingerprint density at radius 2 is 1.90 bits per heavy atom. The first-order chi connectivity index (χ1) is 14.1. The first-order valence-electron chi connectivity index (χ1n) is 9.43. The number of nitrogens with one attached hydrogen (secondary N) is 1. The van der Waals surface area contributed by atoms with Gasteiger partial charge in [-0.05, 0) is 43.7 Å². The van der Waals surface area contributed by atoms with Crippen molar-refractivity contribution in [3.05, 3.63) is 78.1 Å². The second-order valence-corrected chi connectivity index (χ2v) is 6.36. The van der Waals surface area contributed by atoms with E-state index in [4.69, 9.17) is 9.47 Å². The maximum Gasteiger partial charge on any atom is 0.280 e. The van der Waals surface area contributed by atoms with Gasteiger partial charge in [-0.1, -0.05) is 30.3 Å². The fraction of sp³-hybridized carbons (Fsp3) is 0.227. The summed E-state index contributed by atoms with van der Waals surface area (Å²) in [5, 5.41) is 8.28. The summed E-state index contributed by atoms with van der Waals surface area (Å²) in [6.07, 6.45) is 4.42. The van der Waals surface area contributed by atoms with E-state index in [9.17, 15) is 4.79 Å². The molecule has 0 aliphatic rings. The van der Waals surface area contributed by atoms with Crippen LogP contribution in [0.15, 0.2) is 72.1 Å². The molecule has 1 aromatic heterocycles. The maximum atomic E-state index is 12.2. The lowest BCUT2D eigenvalue weighted by atomic mass is 10.2. The van der Waals surface area contributed by atoms with Gasteiger partial charge in [-0.2, -0.15) is 10.2 Å². The molecule has 0 bridgehead atoms. The van der Waals surface area contributed by atoms with Crippen LogP contribution in [0.1, 0.15) is 25.0 Å². The van der Waals surface area contributed by atoms with E-state index in [1.807, 2.05) is 48.1 Å². The van der Waals surface area contributed by atoms with Crippen molar-refractivity contribution in [1.82, 2.24) is 15.2 Å². The Kier molecular flexibility index (Phi) is 7.00. The van der Waals surface area contributed by atoms with Crippen LogP contribution in [-0.2, 0) is 11.3 Å². The first-order valence-corrected chi connectivity index (χ1v) is 9.43. The van der Waals surface area contributed by atoms with Gasteiger partial charge in [0.25, 0.3) is 5.91 Å². The van der Waals surface area contributed by atoms with Crippen molar-refractivity contribution in [3.63, 3.8) is 0 Å². The Labute approximate surface area is 170 Å². The van der Waals surface area contributed by atoms with Crippen LogP contribution in [0.5, 0.6) is 11.5 Å². The fourth-order valence-electron chi connectivity index (χ4n) is 2.60. The molecular formula is C22H24N4O3. The zero-order valence-electron chi connectivity index (χ0n) is 16.5. The number of aromatic nitrogens is 2. The molecule has 3 rings (SSSR count). The van der Waals surface area contributed by atoms with Crippen molar-refractivity contribution in [2.45, 2.75) is 26.5 Å². The molecule has 2 aromatic carbocycles. The lowest BCUT2D eigenvalue weighted by Crippen LogP contribution is -2.33. The Bertz CT molecular complexity index is 936. The van der Waals surface area contributed by atoms with Crippen molar-refractivity contribution in [3.8, 4) is 11.5 Å². The zero-order chi connectivity index (χ0) is 20.5. The van der Waals surface area contributed by atoms with E-state index in [1.165, 1.54) is 0 Å². The van der Waals surface area contributed by atoms with Gasteiger partial charge in [0.1, 0.15) is 11.5 Å². The maximum absolute atomic E-state index is 12.2. The molecular weight excluding hydrogens is 368 g/mol. The average molecular weight is 392 g/mol. The second-order valence-electron chi connectivity index (χ2n) is 6.36. The van der Waals surface area contributed by atoms with Crippen LogP contribution < -0.4 is 14.9 Å². The van der Waals surface area contributed by atoms with Gasteiger partial charge in [-0.3, -0.25) is 9.48 Å². The highest BCUT2D eigenvalue weighted by Gasteiger charge is 2.14. The smallest absolute Gasteiger partial charge is 0.280 e. The summed E-state index contributed by atoms with van der Waals surface area (Å²) in [7, 11) is 0. The van der Waals surface area contributed by atoms with Gasteiger partial charge in [0.05, 0.1) is 25.6 Å². The average Bonchev–Trinajstić information content (AvgIpc) is 3.17. The van der Waals surface area contributed by atoms with Crippen LogP contribution in [0.2, 0.25) is 0 Å². The molecule has 0 spiro atoms. The third-order valence-electron chi connectivity index (χ3n) is 4.05. The molecule has 7 nitrogen and oxygen atoms in total. The lowest BCUT2D eigenvalue weighted by Gasteiger charge is -2.13. The Hall–Kier alpha value is -3.61. The summed E-state index contributed by atoms with van der Waals surface area (Å²) in [6, 6.07) is 17.2. The molecule has 29 heavy (non-hydrogen) atoms. The predicted molar refractivity (Wildman–Crippen MR) is 111 cm³/mol. The van der Waals surface area contributed by atoms with E-state index in [-0.39, 0.29) is 5.91 Å². The van der Waals surface area contributed by atoms with Crippen LogP contribution >= 0.6 is 0 Å². The molecule has 0 aliphatic carbocycles. The highest BCUT2D eigenvalue weighted by molar-refractivity contribution is 5.84. The Morgan fingerprint density at radius 1 is 1.17 bits per heavy atom. The van der Waals surface area contributed by atoms with E-state index in [1.54, 1.807) is 43.6 Å². The standard InChI is InChI=1S/C22H24N4O3/c1-3-28-20-9-11-21(12-10-20)29-17(2)22(27)25-23-13-19-14-24-26(16-19)15-18-7-5-4-6-8-18/h4-14,16-17H,3,15H2,1-2H3,(H,25,27)/b23-13-/t17-/m1/s1. The molecule has 0 aliphatic heterocycles. The number of hydrogen-bond acceptors (Lipinski definition) is 5. The van der Waals surface area contributed by atoms with Crippen LogP contribution in [0.25, 0.3) is 0 Å². The Morgan fingerprint density at radius 3 is 2.62 bits per heavy atom. The summed E-state index contributed by atoms with van der Waals surface area (Å²) in [5.41, 5.74) is 4.44. The van der Waals surface area contributed by atoms with Gasteiger partial charge in [-0.15, -0.1) is 0 Å². The van der Waals surface area contributed by atoms with Crippen molar-refractivity contribution < 1.29 is 14.3 Å². The van der Waals surface area contributed by atoms with Crippen LogP contribution in [0.4, 0.5) is 0 Å². The number of ether oxygens (including phenoxy) is 2. The number of hydrazone groups is 1. The quantitative estimate of drug-likeness (QED) is 0.448. The third-order valence-corrected chi connectivity index (χ3v) is 4.05. The molecule has 0 radical (unpaired) electrons. The number of carbonyl (C=O) groups is 1. The topological polar surface area (TPSA) is 77.7 Å². The molecule has 0 fully saturated rings.